The van der Waals surface area contributed by atoms with E-state index in [9.17, 15) is 18.0 Å². The minimum atomic E-state index is -4.52. The largest absolute Gasteiger partial charge is 0.435 e. The fourth-order valence-electron chi connectivity index (χ4n) is 2.37. The van der Waals surface area contributed by atoms with Crippen LogP contribution in [-0.2, 0) is 22.3 Å². The van der Waals surface area contributed by atoms with Crippen LogP contribution in [0.5, 0.6) is 0 Å². The highest BCUT2D eigenvalue weighted by Crippen LogP contribution is 2.27. The zero-order chi connectivity index (χ0) is 17.2. The number of alkyl halides is 3. The van der Waals surface area contributed by atoms with Gasteiger partial charge in [-0.15, -0.1) is 0 Å². The van der Waals surface area contributed by atoms with Gasteiger partial charge in [0.1, 0.15) is 12.6 Å². The van der Waals surface area contributed by atoms with Crippen LogP contribution in [0.2, 0.25) is 0 Å². The third-order valence-electron chi connectivity index (χ3n) is 3.56. The van der Waals surface area contributed by atoms with E-state index < -0.39 is 18.0 Å². The van der Waals surface area contributed by atoms with Crippen LogP contribution in [0.15, 0.2) is 30.9 Å². The van der Waals surface area contributed by atoms with E-state index in [1.54, 1.807) is 6.20 Å². The summed E-state index contributed by atoms with van der Waals surface area (Å²) >= 11 is 0. The highest BCUT2D eigenvalue weighted by atomic mass is 19.4. The fraction of sp³-hybridized carbons (Fsp3) is 0.429. The van der Waals surface area contributed by atoms with E-state index in [2.05, 4.69) is 15.1 Å². The standard InChI is InChI=1S/C14H14F3N5O2/c15-14(16,17)12-1-4-22(20-12)9-13(23)21-5-6-24-11(8-21)10-7-18-2-3-19-10/h1-4,7,11H,5-6,8-9H2/t11-/m0/s1. The Labute approximate surface area is 135 Å². The molecule has 0 saturated carbocycles. The molecule has 0 radical (unpaired) electrons. The van der Waals surface area contributed by atoms with Crippen molar-refractivity contribution in [2.24, 2.45) is 0 Å². The van der Waals surface area contributed by atoms with Crippen LogP contribution < -0.4 is 0 Å². The molecule has 0 aliphatic carbocycles. The zero-order valence-electron chi connectivity index (χ0n) is 12.5. The highest BCUT2D eigenvalue weighted by molar-refractivity contribution is 5.76. The predicted octanol–water partition coefficient (Wildman–Crippen LogP) is 1.29. The van der Waals surface area contributed by atoms with Crippen LogP contribution in [0, 0.1) is 0 Å². The Morgan fingerprint density at radius 3 is 2.88 bits per heavy atom. The number of hydrogen-bond donors (Lipinski definition) is 0. The number of morpholine rings is 1. The molecule has 3 heterocycles. The molecule has 7 nitrogen and oxygen atoms in total. The molecule has 1 atom stereocenters. The van der Waals surface area contributed by atoms with E-state index >= 15 is 0 Å². The van der Waals surface area contributed by atoms with Crippen LogP contribution in [0.25, 0.3) is 0 Å². The van der Waals surface area contributed by atoms with E-state index in [4.69, 9.17) is 4.74 Å². The molecule has 128 valence electrons. The van der Waals surface area contributed by atoms with Crippen molar-refractivity contribution in [1.82, 2.24) is 24.6 Å². The molecule has 0 N–H and O–H groups in total. The van der Waals surface area contributed by atoms with Crippen LogP contribution in [0.1, 0.15) is 17.5 Å². The number of halogens is 3. The second-order valence-corrected chi connectivity index (χ2v) is 5.23. The summed E-state index contributed by atoms with van der Waals surface area (Å²) in [7, 11) is 0. The molecule has 1 fully saturated rings. The summed E-state index contributed by atoms with van der Waals surface area (Å²) in [6.45, 7) is 0.692. The molecule has 1 amide bonds. The fourth-order valence-corrected chi connectivity index (χ4v) is 2.37. The van der Waals surface area contributed by atoms with E-state index in [1.807, 2.05) is 0 Å². The van der Waals surface area contributed by atoms with Crippen molar-refractivity contribution < 1.29 is 22.7 Å². The van der Waals surface area contributed by atoms with Crippen LogP contribution in [0.4, 0.5) is 13.2 Å². The topological polar surface area (TPSA) is 73.1 Å². The average molecular weight is 341 g/mol. The smallest absolute Gasteiger partial charge is 0.368 e. The van der Waals surface area contributed by atoms with Gasteiger partial charge in [-0.2, -0.15) is 18.3 Å². The number of amides is 1. The van der Waals surface area contributed by atoms with Gasteiger partial charge in [0.25, 0.3) is 0 Å². The van der Waals surface area contributed by atoms with Crippen LogP contribution in [0.3, 0.4) is 0 Å². The van der Waals surface area contributed by atoms with E-state index in [-0.39, 0.29) is 19.0 Å². The molecule has 1 aliphatic heterocycles. The number of nitrogens with zero attached hydrogens (tertiary/aromatic N) is 5. The van der Waals surface area contributed by atoms with E-state index in [0.29, 0.717) is 18.8 Å². The summed E-state index contributed by atoms with van der Waals surface area (Å²) in [4.78, 5) is 21.9. The first kappa shape index (κ1) is 16.4. The Morgan fingerprint density at radius 2 is 2.21 bits per heavy atom. The molecule has 0 spiro atoms. The van der Waals surface area contributed by atoms with Gasteiger partial charge in [0.05, 0.1) is 25.0 Å². The lowest BCUT2D eigenvalue weighted by molar-refractivity contribution is -0.143. The summed E-state index contributed by atoms with van der Waals surface area (Å²) in [5, 5.41) is 3.38. The number of hydrogen-bond acceptors (Lipinski definition) is 5. The van der Waals surface area contributed by atoms with E-state index in [1.165, 1.54) is 17.3 Å². The molecule has 0 bridgehead atoms. The van der Waals surface area contributed by atoms with Crippen molar-refractivity contribution in [1.29, 1.82) is 0 Å². The summed E-state index contributed by atoms with van der Waals surface area (Å²) < 4.78 is 44.2. The van der Waals surface area contributed by atoms with Crippen LogP contribution in [-0.4, -0.2) is 50.3 Å². The SMILES string of the molecule is O=C(Cn1ccc(C(F)(F)F)n1)N1CCO[C@H](c2cnccn2)C1. The van der Waals surface area contributed by atoms with E-state index in [0.717, 1.165) is 16.9 Å². The summed E-state index contributed by atoms with van der Waals surface area (Å²) in [5.74, 6) is -0.330. The van der Waals surface area contributed by atoms with Gasteiger partial charge in [-0.05, 0) is 6.07 Å². The molecular weight excluding hydrogens is 327 g/mol. The Morgan fingerprint density at radius 1 is 1.38 bits per heavy atom. The minimum absolute atomic E-state index is 0.261. The normalized spacial score (nSPS) is 18.6. The Balaban J connectivity index is 1.63. The maximum Gasteiger partial charge on any atom is 0.435 e. The molecular formula is C14H14F3N5O2. The molecule has 0 aromatic carbocycles. The zero-order valence-corrected chi connectivity index (χ0v) is 12.5. The van der Waals surface area contributed by atoms with Gasteiger partial charge in [-0.3, -0.25) is 19.4 Å². The highest BCUT2D eigenvalue weighted by Gasteiger charge is 2.34. The molecule has 24 heavy (non-hydrogen) atoms. The number of aromatic nitrogens is 4. The first-order chi connectivity index (χ1) is 11.4. The molecule has 2 aromatic rings. The number of carbonyl (C=O) groups is 1. The van der Waals surface area contributed by atoms with Gasteiger partial charge in [-0.25, -0.2) is 0 Å². The lowest BCUT2D eigenvalue weighted by Crippen LogP contribution is -2.44. The number of ether oxygens (including phenoxy) is 1. The maximum atomic E-state index is 12.5. The van der Waals surface area contributed by atoms with Crippen LogP contribution >= 0.6 is 0 Å². The first-order valence-corrected chi connectivity index (χ1v) is 7.19. The lowest BCUT2D eigenvalue weighted by atomic mass is 10.2. The minimum Gasteiger partial charge on any atom is -0.368 e. The first-order valence-electron chi connectivity index (χ1n) is 7.19. The third kappa shape index (κ3) is 3.70. The maximum absolute atomic E-state index is 12.5. The predicted molar refractivity (Wildman–Crippen MR) is 74.5 cm³/mol. The van der Waals surface area contributed by atoms with Gasteiger partial charge in [0, 0.05) is 25.1 Å². The summed E-state index contributed by atoms with van der Waals surface area (Å²) in [5.41, 5.74) is -0.414. The van der Waals surface area contributed by atoms with Crippen molar-refractivity contribution in [2.45, 2.75) is 18.8 Å². The second kappa shape index (κ2) is 6.56. The van der Waals surface area contributed by atoms with Gasteiger partial charge in [-0.1, -0.05) is 0 Å². The Hall–Kier alpha value is -2.49. The second-order valence-electron chi connectivity index (χ2n) is 5.23. The van der Waals surface area contributed by atoms with Crippen molar-refractivity contribution in [3.8, 4) is 0 Å². The number of rotatable bonds is 3. The van der Waals surface area contributed by atoms with Gasteiger partial charge in [0.2, 0.25) is 5.91 Å². The number of carbonyl (C=O) groups excluding carboxylic acids is 1. The molecule has 2 aromatic heterocycles. The monoisotopic (exact) mass is 341 g/mol. The third-order valence-corrected chi connectivity index (χ3v) is 3.56. The Bertz CT molecular complexity index is 704. The van der Waals surface area contributed by atoms with Crippen molar-refractivity contribution in [3.05, 3.63) is 42.2 Å². The molecule has 1 aliphatic rings. The quantitative estimate of drug-likeness (QED) is 0.841. The van der Waals surface area contributed by atoms with Gasteiger partial charge >= 0.3 is 6.18 Å². The molecule has 1 saturated heterocycles. The lowest BCUT2D eigenvalue weighted by Gasteiger charge is -2.32. The van der Waals surface area contributed by atoms with Crippen molar-refractivity contribution >= 4 is 5.91 Å². The van der Waals surface area contributed by atoms with Gasteiger partial charge in [0.15, 0.2) is 5.69 Å². The summed E-state index contributed by atoms with van der Waals surface area (Å²) in [6.07, 6.45) is 0.834. The molecule has 10 heteroatoms. The van der Waals surface area contributed by atoms with Crippen molar-refractivity contribution in [2.75, 3.05) is 19.7 Å². The van der Waals surface area contributed by atoms with Gasteiger partial charge < -0.3 is 9.64 Å². The summed E-state index contributed by atoms with van der Waals surface area (Å²) in [6, 6.07) is 0.842. The molecule has 0 unspecified atom stereocenters. The average Bonchev–Trinajstić information content (AvgIpc) is 3.05. The Kier molecular flexibility index (Phi) is 4.47. The van der Waals surface area contributed by atoms with Crippen molar-refractivity contribution in [3.63, 3.8) is 0 Å². The molecule has 3 rings (SSSR count).